The Hall–Kier alpha value is -2.30. The third kappa shape index (κ3) is 5.69. The molecule has 0 aromatic heterocycles. The van der Waals surface area contributed by atoms with Crippen LogP contribution in [0.4, 0.5) is 5.69 Å². The second-order valence-corrected chi connectivity index (χ2v) is 3.73. The molecule has 1 aromatic rings. The first kappa shape index (κ1) is 15.7. The van der Waals surface area contributed by atoms with Crippen LogP contribution < -0.4 is 5.73 Å². The fraction of sp³-hybridized carbons (Fsp3) is 0.231. The lowest BCUT2D eigenvalue weighted by molar-refractivity contribution is -0.134. The fourth-order valence-electron chi connectivity index (χ4n) is 1.12. The highest BCUT2D eigenvalue weighted by molar-refractivity contribution is 5.89. The van der Waals surface area contributed by atoms with Crippen molar-refractivity contribution < 1.29 is 19.8 Å². The number of anilines is 1. The van der Waals surface area contributed by atoms with Crippen molar-refractivity contribution in [1.82, 2.24) is 0 Å². The Morgan fingerprint density at radius 1 is 1.00 bits per heavy atom. The number of nitrogen functional groups attached to an aromatic ring is 1. The summed E-state index contributed by atoms with van der Waals surface area (Å²) in [5, 5.41) is 15.6. The summed E-state index contributed by atoms with van der Waals surface area (Å²) in [7, 11) is 0. The lowest BCUT2D eigenvalue weighted by Gasteiger charge is -2.05. The maximum Gasteiger partial charge on any atom is 0.328 e. The summed E-state index contributed by atoms with van der Waals surface area (Å²) in [4.78, 5) is 19.1. The van der Waals surface area contributed by atoms with Crippen LogP contribution >= 0.6 is 0 Å². The molecule has 0 saturated carbocycles. The van der Waals surface area contributed by atoms with E-state index in [1.165, 1.54) is 16.7 Å². The highest BCUT2D eigenvalue weighted by Gasteiger charge is 1.98. The van der Waals surface area contributed by atoms with Gasteiger partial charge in [0.05, 0.1) is 0 Å². The average molecular weight is 251 g/mol. The van der Waals surface area contributed by atoms with E-state index in [0.29, 0.717) is 12.2 Å². The minimum absolute atomic E-state index is 0.558. The van der Waals surface area contributed by atoms with E-state index in [2.05, 4.69) is 26.8 Å². The van der Waals surface area contributed by atoms with E-state index in [9.17, 15) is 9.59 Å². The molecule has 0 aliphatic carbocycles. The molecule has 4 N–H and O–H groups in total. The van der Waals surface area contributed by atoms with E-state index in [1.807, 2.05) is 6.07 Å². The van der Waals surface area contributed by atoms with Gasteiger partial charge >= 0.3 is 11.9 Å². The van der Waals surface area contributed by atoms with Crippen molar-refractivity contribution in [2.24, 2.45) is 0 Å². The number of carbonyl (C=O) groups is 2. The van der Waals surface area contributed by atoms with Gasteiger partial charge in [0.2, 0.25) is 0 Å². The van der Waals surface area contributed by atoms with Crippen LogP contribution in [0.3, 0.4) is 0 Å². The molecule has 5 nitrogen and oxygen atoms in total. The average Bonchev–Trinajstić information content (AvgIpc) is 2.30. The van der Waals surface area contributed by atoms with Crippen molar-refractivity contribution in [1.29, 1.82) is 0 Å². The maximum atomic E-state index is 9.55. The van der Waals surface area contributed by atoms with Gasteiger partial charge in [-0.05, 0) is 43.5 Å². The summed E-state index contributed by atoms with van der Waals surface area (Å²) >= 11 is 0. The first-order chi connectivity index (χ1) is 8.25. The van der Waals surface area contributed by atoms with Crippen LogP contribution in [-0.2, 0) is 9.59 Å². The predicted octanol–water partition coefficient (Wildman–Crippen LogP) is 1.91. The van der Waals surface area contributed by atoms with Crippen LogP contribution in [0.2, 0.25) is 0 Å². The van der Waals surface area contributed by atoms with Crippen LogP contribution in [0.15, 0.2) is 24.3 Å². The molecule has 0 spiro atoms. The monoisotopic (exact) mass is 251 g/mol. The third-order valence-corrected chi connectivity index (χ3v) is 2.47. The van der Waals surface area contributed by atoms with Gasteiger partial charge in [0, 0.05) is 17.8 Å². The van der Waals surface area contributed by atoms with Crippen molar-refractivity contribution in [3.8, 4) is 0 Å². The van der Waals surface area contributed by atoms with Gasteiger partial charge in [0.25, 0.3) is 0 Å². The summed E-state index contributed by atoms with van der Waals surface area (Å²) < 4.78 is 0. The highest BCUT2D eigenvalue weighted by Crippen LogP contribution is 2.17. The lowest BCUT2D eigenvalue weighted by Crippen LogP contribution is -1.93. The SMILES string of the molecule is Cc1ccc(N)c(C)c1C.O=C(O)/C=C\C(=O)O. The molecule has 1 rings (SSSR count). The number of rotatable bonds is 2. The van der Waals surface area contributed by atoms with Crippen LogP contribution in [0.25, 0.3) is 0 Å². The predicted molar refractivity (Wildman–Crippen MR) is 69.5 cm³/mol. The Kier molecular flexibility index (Phi) is 6.20. The van der Waals surface area contributed by atoms with Crippen molar-refractivity contribution in [3.05, 3.63) is 41.0 Å². The zero-order valence-electron chi connectivity index (χ0n) is 10.6. The summed E-state index contributed by atoms with van der Waals surface area (Å²) in [6.07, 6.45) is 1.12. The second kappa shape index (κ2) is 7.11. The van der Waals surface area contributed by atoms with E-state index >= 15 is 0 Å². The van der Waals surface area contributed by atoms with E-state index in [1.54, 1.807) is 0 Å². The Labute approximate surface area is 106 Å². The molecule has 0 aliphatic heterocycles. The van der Waals surface area contributed by atoms with Gasteiger partial charge in [-0.25, -0.2) is 9.59 Å². The van der Waals surface area contributed by atoms with Crippen molar-refractivity contribution >= 4 is 17.6 Å². The molecule has 0 atom stereocenters. The van der Waals surface area contributed by atoms with E-state index in [-0.39, 0.29) is 0 Å². The molecule has 0 heterocycles. The highest BCUT2D eigenvalue weighted by atomic mass is 16.4. The molecule has 0 fully saturated rings. The molecule has 1 aromatic carbocycles. The molecule has 0 unspecified atom stereocenters. The van der Waals surface area contributed by atoms with Crippen LogP contribution in [0, 0.1) is 20.8 Å². The molecule has 0 amide bonds. The summed E-state index contributed by atoms with van der Waals surface area (Å²) in [5.41, 5.74) is 10.4. The van der Waals surface area contributed by atoms with Crippen LogP contribution in [0.5, 0.6) is 0 Å². The fourth-order valence-corrected chi connectivity index (χ4v) is 1.12. The number of aryl methyl sites for hydroxylation is 1. The Bertz CT molecular complexity index is 435. The molecule has 0 saturated heterocycles. The zero-order valence-corrected chi connectivity index (χ0v) is 10.6. The van der Waals surface area contributed by atoms with E-state index in [0.717, 1.165) is 5.69 Å². The lowest BCUT2D eigenvalue weighted by atomic mass is 10.0. The third-order valence-electron chi connectivity index (χ3n) is 2.47. The molecule has 0 aliphatic rings. The number of benzene rings is 1. The molecule has 0 radical (unpaired) electrons. The van der Waals surface area contributed by atoms with Gasteiger partial charge in [-0.3, -0.25) is 0 Å². The van der Waals surface area contributed by atoms with Crippen molar-refractivity contribution in [2.45, 2.75) is 20.8 Å². The number of carboxylic acids is 2. The van der Waals surface area contributed by atoms with Crippen molar-refractivity contribution in [3.63, 3.8) is 0 Å². The minimum Gasteiger partial charge on any atom is -0.478 e. The minimum atomic E-state index is -1.26. The molecule has 0 bridgehead atoms. The van der Waals surface area contributed by atoms with Crippen molar-refractivity contribution in [2.75, 3.05) is 5.73 Å². The molecule has 5 heteroatoms. The Morgan fingerprint density at radius 2 is 1.44 bits per heavy atom. The number of carboxylic acid groups (broad SMARTS) is 2. The normalized spacial score (nSPS) is 9.72. The van der Waals surface area contributed by atoms with Gasteiger partial charge in [-0.2, -0.15) is 0 Å². The Balaban J connectivity index is 0.000000331. The van der Waals surface area contributed by atoms with Gasteiger partial charge in [0.15, 0.2) is 0 Å². The molecular formula is C13H17NO4. The largest absolute Gasteiger partial charge is 0.478 e. The molecule has 98 valence electrons. The van der Waals surface area contributed by atoms with Gasteiger partial charge in [0.1, 0.15) is 0 Å². The number of aliphatic carboxylic acids is 2. The quantitative estimate of drug-likeness (QED) is 0.550. The van der Waals surface area contributed by atoms with Crippen LogP contribution in [-0.4, -0.2) is 22.2 Å². The van der Waals surface area contributed by atoms with Gasteiger partial charge < -0.3 is 15.9 Å². The topological polar surface area (TPSA) is 101 Å². The number of hydrogen-bond acceptors (Lipinski definition) is 3. The smallest absolute Gasteiger partial charge is 0.328 e. The summed E-state index contributed by atoms with van der Waals surface area (Å²) in [5.74, 6) is -2.51. The number of hydrogen-bond donors (Lipinski definition) is 3. The first-order valence-corrected chi connectivity index (χ1v) is 5.22. The first-order valence-electron chi connectivity index (χ1n) is 5.22. The van der Waals surface area contributed by atoms with Crippen LogP contribution in [0.1, 0.15) is 16.7 Å². The molecular weight excluding hydrogens is 234 g/mol. The summed E-state index contributed by atoms with van der Waals surface area (Å²) in [6.45, 7) is 6.25. The van der Waals surface area contributed by atoms with Gasteiger partial charge in [-0.1, -0.05) is 6.07 Å². The number of nitrogens with two attached hydrogens (primary N) is 1. The van der Waals surface area contributed by atoms with E-state index in [4.69, 9.17) is 15.9 Å². The second-order valence-electron chi connectivity index (χ2n) is 3.73. The van der Waals surface area contributed by atoms with E-state index < -0.39 is 11.9 Å². The standard InChI is InChI=1S/C9H13N.C4H4O4/c1-6-4-5-9(10)8(3)7(6)2;5-3(6)1-2-4(7)8/h4-5H,10H2,1-3H3;1-2H,(H,5,6)(H,7,8)/b;2-1-. The maximum absolute atomic E-state index is 9.55. The Morgan fingerprint density at radius 3 is 1.78 bits per heavy atom. The van der Waals surface area contributed by atoms with Gasteiger partial charge in [-0.15, -0.1) is 0 Å². The summed E-state index contributed by atoms with van der Waals surface area (Å²) in [6, 6.07) is 4.01. The molecule has 18 heavy (non-hydrogen) atoms. The zero-order chi connectivity index (χ0) is 14.3.